The van der Waals surface area contributed by atoms with Crippen LogP contribution >= 0.6 is 0 Å². The predicted octanol–water partition coefficient (Wildman–Crippen LogP) is 14.8. The molecule has 2 unspecified atom stereocenters. The van der Waals surface area contributed by atoms with Crippen LogP contribution in [0, 0.1) is 99.7 Å². The highest BCUT2D eigenvalue weighted by molar-refractivity contribution is 5.83. The zero-order valence-corrected chi connectivity index (χ0v) is 68.9. The zero-order valence-electron chi connectivity index (χ0n) is 68.9. The Balaban J connectivity index is 0.000000113. The molecule has 122 heavy (non-hydrogen) atoms. The largest absolute Gasteiger partial charge is 0.372 e. The van der Waals surface area contributed by atoms with Crippen LogP contribution in [0.25, 0.3) is 54.5 Å². The summed E-state index contributed by atoms with van der Waals surface area (Å²) in [4.78, 5) is 85.7. The number of hydrogen-bond donors (Lipinski definition) is 0. The molecular weight excluding hydrogens is 1520 g/mol. The quantitative estimate of drug-likeness (QED) is 0.147. The van der Waals surface area contributed by atoms with E-state index < -0.39 is 0 Å². The summed E-state index contributed by atoms with van der Waals surface area (Å²) < 4.78 is 30.6. The van der Waals surface area contributed by atoms with Gasteiger partial charge in [0.25, 0.3) is 27.8 Å². The van der Waals surface area contributed by atoms with Crippen LogP contribution < -0.4 is 27.8 Å². The molecule has 4 aliphatic heterocycles. The summed E-state index contributed by atoms with van der Waals surface area (Å²) in [5, 5.41) is 3.17. The van der Waals surface area contributed by atoms with Gasteiger partial charge < -0.3 is 18.9 Å². The number of aryl methyl sites for hydroxylation is 5. The summed E-state index contributed by atoms with van der Waals surface area (Å²) >= 11 is 0. The number of ether oxygens (including phenoxy) is 4. The SMILES string of the molecule is Cc1ccc(C#Cc2ccc3c(=O)n4c(nc3c2)COC(C)C4)cc1.Cc1ccc(C#Cc2ccc3c(=O)n4c(nc3c2)COCC4)cc1.Cc1cccc(C#Cc2ccc3c(=O)n(CC4CC4)cnc3c2)c1.Cc1cccc(C#Cc2ccc3c(=O)n4c(nc3c2)COC(C)C4)c1.Cc1cccc(C#Cc2ccc3c(=O)n4c(nc3c2)COCC4)c1. The second kappa shape index (κ2) is 36.8. The van der Waals surface area contributed by atoms with Crippen molar-refractivity contribution in [1.82, 2.24) is 47.8 Å². The normalized spacial score (nSPS) is 14.5. The van der Waals surface area contributed by atoms with E-state index in [0.717, 1.165) is 62.2 Å². The third-order valence-corrected chi connectivity index (χ3v) is 21.3. The fourth-order valence-electron chi connectivity index (χ4n) is 14.5. The van der Waals surface area contributed by atoms with Gasteiger partial charge in [-0.1, -0.05) is 131 Å². The topological polar surface area (TPSA) is 211 Å². The van der Waals surface area contributed by atoms with Gasteiger partial charge in [-0.25, -0.2) is 24.9 Å². The molecule has 0 saturated heterocycles. The third kappa shape index (κ3) is 19.8. The molecule has 0 N–H and O–H groups in total. The third-order valence-electron chi connectivity index (χ3n) is 21.3. The summed E-state index contributed by atoms with van der Waals surface area (Å²) in [6.45, 7) is 19.8. The molecule has 0 radical (unpaired) electrons. The minimum absolute atomic E-state index is 0.00325. The van der Waals surface area contributed by atoms with Gasteiger partial charge in [-0.15, -0.1) is 0 Å². The molecule has 2 atom stereocenters. The zero-order chi connectivity index (χ0) is 84.3. The highest BCUT2D eigenvalue weighted by Gasteiger charge is 2.25. The van der Waals surface area contributed by atoms with E-state index in [9.17, 15) is 24.0 Å². The van der Waals surface area contributed by atoms with Gasteiger partial charge in [0.15, 0.2) is 0 Å². The first-order valence-electron chi connectivity index (χ1n) is 40.8. The van der Waals surface area contributed by atoms with Gasteiger partial charge in [0.2, 0.25) is 0 Å². The first kappa shape index (κ1) is 81.3. The molecule has 0 spiro atoms. The van der Waals surface area contributed by atoms with Gasteiger partial charge in [0.05, 0.1) is 112 Å². The maximum atomic E-state index is 12.7. The van der Waals surface area contributed by atoms with Crippen molar-refractivity contribution in [3.05, 3.63) is 377 Å². The lowest BCUT2D eigenvalue weighted by atomic mass is 10.1. The van der Waals surface area contributed by atoms with Crippen molar-refractivity contribution >= 4 is 54.5 Å². The second-order valence-corrected chi connectivity index (χ2v) is 31.1. The monoisotopic (exact) mass is 1610 g/mol. The van der Waals surface area contributed by atoms with Gasteiger partial charge in [0.1, 0.15) is 49.7 Å². The highest BCUT2D eigenvalue weighted by atomic mass is 16.5. The van der Waals surface area contributed by atoms with Crippen LogP contribution in [0.5, 0.6) is 0 Å². The summed E-state index contributed by atoms with van der Waals surface area (Å²) in [5.74, 6) is 34.9. The van der Waals surface area contributed by atoms with Crippen molar-refractivity contribution in [2.75, 3.05) is 13.2 Å². The number of aromatic nitrogens is 10. The standard InChI is InChI=1S/2C21H18N2O2.C21H18N2O.2C20H16N2O2/c1-14-3-5-16(6-4-14)7-8-17-9-10-18-19(11-17)22-20-13-25-15(2)12-23(20)21(18)24;1-14-4-3-5-16(10-14)6-7-17-8-9-18-19(11-17)22-20-13-25-15(2)12-23(20)21(18)24;1-15-3-2-4-16(11-15)5-6-17-9-10-19-20(12-17)22-14-23(21(19)24)13-18-7-8-18;1-14-2-4-15(5-3-14)6-7-16-8-9-17-18(12-16)21-19-13-24-11-10-22(19)20(17)23;1-14-3-2-4-15(11-14)5-6-16-7-8-17-18(12-16)21-19-13-24-10-9-22(19)20(17)23/h3-6,9-11,15H,12-13H2,1-2H3;3-5,8-11,15H,12-13H2,1-2H3;2-4,9-12,14,18H,7-8,13H2,1H3;2-5,8-9,12H,10-11,13H2,1H3;2-4,7-8,11-12H,9-10,13H2,1H3. The fraction of sp³-hybridized carbons (Fsp3) is 0.223. The van der Waals surface area contributed by atoms with Gasteiger partial charge in [-0.3, -0.25) is 46.8 Å². The Labute approximate surface area is 705 Å². The Bertz CT molecular complexity index is 7300. The average molecular weight is 1610 g/mol. The Morgan fingerprint density at radius 1 is 0.320 bits per heavy atom. The molecule has 1 aliphatic carbocycles. The summed E-state index contributed by atoms with van der Waals surface area (Å²) in [7, 11) is 0. The molecule has 1 saturated carbocycles. The molecule has 602 valence electrons. The van der Waals surface area contributed by atoms with Crippen LogP contribution in [0.3, 0.4) is 0 Å². The second-order valence-electron chi connectivity index (χ2n) is 31.1. The van der Waals surface area contributed by atoms with Crippen molar-refractivity contribution in [1.29, 1.82) is 0 Å². The smallest absolute Gasteiger partial charge is 0.261 e. The number of benzene rings is 10. The van der Waals surface area contributed by atoms with Crippen LogP contribution in [0.1, 0.15) is 133 Å². The molecule has 5 aromatic heterocycles. The van der Waals surface area contributed by atoms with Crippen LogP contribution in [-0.4, -0.2) is 73.2 Å². The summed E-state index contributed by atoms with van der Waals surface area (Å²) in [6, 6.07) is 68.3. The number of rotatable bonds is 2. The average Bonchev–Trinajstić information content (AvgIpc) is 1.06. The van der Waals surface area contributed by atoms with E-state index in [0.29, 0.717) is 150 Å². The van der Waals surface area contributed by atoms with E-state index >= 15 is 0 Å². The molecule has 0 bridgehead atoms. The minimum atomic E-state index is -0.00630. The van der Waals surface area contributed by atoms with Crippen LogP contribution in [0.4, 0.5) is 0 Å². The summed E-state index contributed by atoms with van der Waals surface area (Å²) in [6.07, 6.45) is 4.17. The van der Waals surface area contributed by atoms with Crippen molar-refractivity contribution in [3.8, 4) is 59.2 Å². The van der Waals surface area contributed by atoms with Crippen molar-refractivity contribution < 1.29 is 18.9 Å². The minimum Gasteiger partial charge on any atom is -0.372 e. The Morgan fingerprint density at radius 3 is 0.951 bits per heavy atom. The molecule has 19 nitrogen and oxygen atoms in total. The first-order valence-corrected chi connectivity index (χ1v) is 40.8. The predicted molar refractivity (Wildman–Crippen MR) is 476 cm³/mol. The fourth-order valence-corrected chi connectivity index (χ4v) is 14.5. The molecule has 15 aromatic rings. The van der Waals surface area contributed by atoms with Crippen molar-refractivity contribution in [2.24, 2.45) is 5.92 Å². The van der Waals surface area contributed by atoms with E-state index in [2.05, 4.69) is 117 Å². The Kier molecular flexibility index (Phi) is 24.5. The number of fused-ring (bicyclic) bond motifs is 9. The van der Waals surface area contributed by atoms with Crippen LogP contribution in [0.15, 0.2) is 243 Å². The molecule has 1 fully saturated rings. The summed E-state index contributed by atoms with van der Waals surface area (Å²) in [5.41, 5.74) is 18.5. The lowest BCUT2D eigenvalue weighted by Crippen LogP contribution is -2.35. The lowest BCUT2D eigenvalue weighted by molar-refractivity contribution is 0.0116. The van der Waals surface area contributed by atoms with E-state index in [1.807, 2.05) is 228 Å². The van der Waals surface area contributed by atoms with Crippen LogP contribution in [0.2, 0.25) is 0 Å². The van der Waals surface area contributed by atoms with Crippen molar-refractivity contribution in [3.63, 3.8) is 0 Å². The maximum absolute atomic E-state index is 12.7. The molecular formula is C103H86N10O9. The number of hydrogen-bond acceptors (Lipinski definition) is 14. The molecule has 0 amide bonds. The van der Waals surface area contributed by atoms with E-state index in [1.54, 1.807) is 29.2 Å². The first-order chi connectivity index (χ1) is 59.3. The number of nitrogens with zero attached hydrogens (tertiary/aromatic N) is 10. The molecule has 10 aromatic carbocycles. The molecule has 20 rings (SSSR count). The maximum Gasteiger partial charge on any atom is 0.261 e. The molecule has 5 aliphatic rings. The van der Waals surface area contributed by atoms with E-state index in [-0.39, 0.29) is 40.0 Å². The molecule has 19 heteroatoms. The lowest BCUT2D eigenvalue weighted by Gasteiger charge is -2.23. The van der Waals surface area contributed by atoms with Gasteiger partial charge in [-0.2, -0.15) is 0 Å². The van der Waals surface area contributed by atoms with E-state index in [4.69, 9.17) is 18.9 Å². The van der Waals surface area contributed by atoms with Gasteiger partial charge in [-0.05, 0) is 236 Å². The van der Waals surface area contributed by atoms with Gasteiger partial charge in [0, 0.05) is 62.2 Å². The van der Waals surface area contributed by atoms with E-state index in [1.165, 1.54) is 40.7 Å². The van der Waals surface area contributed by atoms with Crippen molar-refractivity contribution in [2.45, 2.75) is 133 Å². The highest BCUT2D eigenvalue weighted by Crippen LogP contribution is 2.30. The molecule has 9 heterocycles. The Morgan fingerprint density at radius 2 is 0.615 bits per heavy atom. The van der Waals surface area contributed by atoms with Crippen LogP contribution in [-0.2, 0) is 78.1 Å². The van der Waals surface area contributed by atoms with Gasteiger partial charge >= 0.3 is 0 Å². The Hall–Kier alpha value is -14.5.